The Labute approximate surface area is 86.6 Å². The molecule has 0 saturated carbocycles. The third-order valence-electron chi connectivity index (χ3n) is 2.11. The van der Waals surface area contributed by atoms with Crippen LogP contribution in [0.2, 0.25) is 0 Å². The van der Waals surface area contributed by atoms with E-state index >= 15 is 0 Å². The van der Waals surface area contributed by atoms with Crippen LogP contribution in [0.3, 0.4) is 0 Å². The molecule has 3 heteroatoms. The molecule has 0 unspecified atom stereocenters. The Kier molecular flexibility index (Phi) is 2.42. The largest absolute Gasteiger partial charge is 0.265 e. The highest BCUT2D eigenvalue weighted by Crippen LogP contribution is 2.23. The van der Waals surface area contributed by atoms with Gasteiger partial charge >= 0.3 is 0 Å². The Bertz CT molecular complexity index is 515. The number of hydrogen-bond donors (Lipinski definition) is 0. The van der Waals surface area contributed by atoms with Crippen LogP contribution in [0.25, 0.3) is 11.1 Å². The number of nitrogens with zero attached hydrogens (tertiary/aromatic N) is 2. The number of benzene rings is 1. The van der Waals surface area contributed by atoms with E-state index in [0.29, 0.717) is 5.56 Å². The van der Waals surface area contributed by atoms with Crippen LogP contribution in [0, 0.1) is 17.1 Å². The average Bonchev–Trinajstić information content (AvgIpc) is 2.30. The molecular formula is C12H7FN2. The van der Waals surface area contributed by atoms with Gasteiger partial charge in [0.1, 0.15) is 11.9 Å². The molecule has 2 rings (SSSR count). The van der Waals surface area contributed by atoms with E-state index in [4.69, 9.17) is 5.26 Å². The van der Waals surface area contributed by atoms with Crippen molar-refractivity contribution in [2.45, 2.75) is 0 Å². The number of hydrogen-bond acceptors (Lipinski definition) is 2. The zero-order chi connectivity index (χ0) is 10.7. The second kappa shape index (κ2) is 3.89. The summed E-state index contributed by atoms with van der Waals surface area (Å²) in [6.07, 6.45) is 3.18. The van der Waals surface area contributed by atoms with Crippen LogP contribution in [-0.2, 0) is 0 Å². The normalized spacial score (nSPS) is 9.60. The van der Waals surface area contributed by atoms with Crippen molar-refractivity contribution in [2.75, 3.05) is 0 Å². The first-order valence-electron chi connectivity index (χ1n) is 4.42. The summed E-state index contributed by atoms with van der Waals surface area (Å²) < 4.78 is 13.7. The third kappa shape index (κ3) is 1.70. The van der Waals surface area contributed by atoms with E-state index in [1.165, 1.54) is 6.07 Å². The number of pyridine rings is 1. The van der Waals surface area contributed by atoms with Crippen LogP contribution in [0.1, 0.15) is 5.56 Å². The quantitative estimate of drug-likeness (QED) is 0.706. The Morgan fingerprint density at radius 1 is 1.13 bits per heavy atom. The highest BCUT2D eigenvalue weighted by molar-refractivity contribution is 5.65. The summed E-state index contributed by atoms with van der Waals surface area (Å²) in [5, 5.41) is 8.69. The van der Waals surface area contributed by atoms with Gasteiger partial charge in [0.05, 0.1) is 5.56 Å². The molecule has 1 aromatic carbocycles. The zero-order valence-corrected chi connectivity index (χ0v) is 7.81. The molecule has 0 aliphatic carbocycles. The minimum absolute atomic E-state index is 0.0595. The van der Waals surface area contributed by atoms with Crippen LogP contribution in [0.5, 0.6) is 0 Å². The van der Waals surface area contributed by atoms with Crippen molar-refractivity contribution < 1.29 is 4.39 Å². The van der Waals surface area contributed by atoms with Crippen molar-refractivity contribution in [3.8, 4) is 17.2 Å². The predicted molar refractivity (Wildman–Crippen MR) is 54.3 cm³/mol. The maximum Gasteiger partial charge on any atom is 0.148 e. The fraction of sp³-hybridized carbons (Fsp3) is 0. The van der Waals surface area contributed by atoms with Gasteiger partial charge in [-0.3, -0.25) is 4.98 Å². The molecule has 72 valence electrons. The smallest absolute Gasteiger partial charge is 0.148 e. The van der Waals surface area contributed by atoms with E-state index in [9.17, 15) is 4.39 Å². The first kappa shape index (κ1) is 9.35. The average molecular weight is 198 g/mol. The van der Waals surface area contributed by atoms with E-state index in [1.807, 2.05) is 6.07 Å². The molecule has 0 aliphatic rings. The molecular weight excluding hydrogens is 191 g/mol. The first-order valence-corrected chi connectivity index (χ1v) is 4.42. The third-order valence-corrected chi connectivity index (χ3v) is 2.11. The van der Waals surface area contributed by atoms with Crippen LogP contribution in [0.4, 0.5) is 4.39 Å². The van der Waals surface area contributed by atoms with Gasteiger partial charge in [0, 0.05) is 18.0 Å². The van der Waals surface area contributed by atoms with Gasteiger partial charge in [0.2, 0.25) is 0 Å². The predicted octanol–water partition coefficient (Wildman–Crippen LogP) is 2.76. The van der Waals surface area contributed by atoms with Crippen LogP contribution in [-0.4, -0.2) is 4.98 Å². The van der Waals surface area contributed by atoms with E-state index in [0.717, 1.165) is 5.56 Å². The van der Waals surface area contributed by atoms with Crippen molar-refractivity contribution in [1.29, 1.82) is 5.26 Å². The van der Waals surface area contributed by atoms with Gasteiger partial charge in [-0.15, -0.1) is 0 Å². The number of aromatic nitrogens is 1. The van der Waals surface area contributed by atoms with Gasteiger partial charge in [-0.05, 0) is 23.8 Å². The molecule has 0 saturated heterocycles. The topological polar surface area (TPSA) is 36.7 Å². The molecule has 0 radical (unpaired) electrons. The molecule has 0 amide bonds. The Morgan fingerprint density at radius 3 is 2.53 bits per heavy atom. The number of halogens is 1. The molecule has 0 fully saturated rings. The van der Waals surface area contributed by atoms with Crippen molar-refractivity contribution in [3.63, 3.8) is 0 Å². The summed E-state index contributed by atoms with van der Waals surface area (Å²) in [4.78, 5) is 3.86. The van der Waals surface area contributed by atoms with Gasteiger partial charge in [-0.1, -0.05) is 12.1 Å². The van der Waals surface area contributed by atoms with Gasteiger partial charge in [0.25, 0.3) is 0 Å². The highest BCUT2D eigenvalue weighted by atomic mass is 19.1. The molecule has 0 N–H and O–H groups in total. The molecule has 1 aromatic heterocycles. The molecule has 0 atom stereocenters. The van der Waals surface area contributed by atoms with Crippen molar-refractivity contribution in [2.24, 2.45) is 0 Å². The lowest BCUT2D eigenvalue weighted by Crippen LogP contribution is -1.88. The molecule has 2 nitrogen and oxygen atoms in total. The molecule has 0 aliphatic heterocycles. The summed E-state index contributed by atoms with van der Waals surface area (Å²) in [5.41, 5.74) is 1.21. The fourth-order valence-electron chi connectivity index (χ4n) is 1.37. The van der Waals surface area contributed by atoms with Crippen LogP contribution < -0.4 is 0 Å². The van der Waals surface area contributed by atoms with Crippen molar-refractivity contribution in [3.05, 3.63) is 54.1 Å². The second-order valence-corrected chi connectivity index (χ2v) is 3.01. The van der Waals surface area contributed by atoms with E-state index < -0.39 is 5.82 Å². The molecule has 15 heavy (non-hydrogen) atoms. The van der Waals surface area contributed by atoms with E-state index in [-0.39, 0.29) is 5.56 Å². The van der Waals surface area contributed by atoms with Gasteiger partial charge < -0.3 is 0 Å². The summed E-state index contributed by atoms with van der Waals surface area (Å²) in [7, 11) is 0. The minimum Gasteiger partial charge on any atom is -0.265 e. The standard InChI is InChI=1S/C12H7FN2/c13-12-10(8-14)2-1-3-11(12)9-4-6-15-7-5-9/h1-7H. The van der Waals surface area contributed by atoms with Crippen molar-refractivity contribution in [1.82, 2.24) is 4.98 Å². The van der Waals surface area contributed by atoms with Gasteiger partial charge in [0.15, 0.2) is 0 Å². The monoisotopic (exact) mass is 198 g/mol. The highest BCUT2D eigenvalue weighted by Gasteiger charge is 2.08. The summed E-state index contributed by atoms with van der Waals surface area (Å²) in [5.74, 6) is -0.480. The van der Waals surface area contributed by atoms with E-state index in [1.54, 1.807) is 36.7 Å². The summed E-state index contributed by atoms with van der Waals surface area (Å²) >= 11 is 0. The number of rotatable bonds is 1. The summed E-state index contributed by atoms with van der Waals surface area (Å²) in [6.45, 7) is 0. The lowest BCUT2D eigenvalue weighted by molar-refractivity contribution is 0.627. The lowest BCUT2D eigenvalue weighted by atomic mass is 10.0. The summed E-state index contributed by atoms with van der Waals surface area (Å²) in [6, 6.07) is 10.00. The zero-order valence-electron chi connectivity index (χ0n) is 7.81. The minimum atomic E-state index is -0.480. The van der Waals surface area contributed by atoms with Crippen molar-refractivity contribution >= 4 is 0 Å². The second-order valence-electron chi connectivity index (χ2n) is 3.01. The fourth-order valence-corrected chi connectivity index (χ4v) is 1.37. The maximum atomic E-state index is 13.7. The Balaban J connectivity index is 2.61. The Hall–Kier alpha value is -2.21. The van der Waals surface area contributed by atoms with E-state index in [2.05, 4.69) is 4.98 Å². The molecule has 0 bridgehead atoms. The molecule has 0 spiro atoms. The SMILES string of the molecule is N#Cc1cccc(-c2ccncc2)c1F. The first-order chi connectivity index (χ1) is 7.33. The maximum absolute atomic E-state index is 13.7. The number of nitriles is 1. The van der Waals surface area contributed by atoms with Gasteiger partial charge in [-0.25, -0.2) is 4.39 Å². The lowest BCUT2D eigenvalue weighted by Gasteiger charge is -2.03. The van der Waals surface area contributed by atoms with Crippen LogP contribution >= 0.6 is 0 Å². The van der Waals surface area contributed by atoms with Gasteiger partial charge in [-0.2, -0.15) is 5.26 Å². The molecule has 1 heterocycles. The Morgan fingerprint density at radius 2 is 1.87 bits per heavy atom. The van der Waals surface area contributed by atoms with Crippen LogP contribution in [0.15, 0.2) is 42.7 Å². The molecule has 2 aromatic rings.